The largest absolute Gasteiger partial charge is 0.324 e. The van der Waals surface area contributed by atoms with Crippen LogP contribution in [0.4, 0.5) is 4.39 Å². The van der Waals surface area contributed by atoms with Gasteiger partial charge in [0.25, 0.3) is 0 Å². The third-order valence-electron chi connectivity index (χ3n) is 4.29. The van der Waals surface area contributed by atoms with E-state index in [1.807, 2.05) is 0 Å². The summed E-state index contributed by atoms with van der Waals surface area (Å²) in [5.41, 5.74) is 6.91. The van der Waals surface area contributed by atoms with E-state index in [2.05, 4.69) is 13.8 Å². The van der Waals surface area contributed by atoms with E-state index in [1.165, 1.54) is 6.07 Å². The van der Waals surface area contributed by atoms with Gasteiger partial charge in [-0.2, -0.15) is 0 Å². The van der Waals surface area contributed by atoms with Crippen LogP contribution in [0.15, 0.2) is 18.2 Å². The third-order valence-corrected chi connectivity index (χ3v) is 4.53. The summed E-state index contributed by atoms with van der Waals surface area (Å²) in [6.45, 7) is 4.35. The zero-order valence-electron chi connectivity index (χ0n) is 10.4. The van der Waals surface area contributed by atoms with Gasteiger partial charge in [0.15, 0.2) is 0 Å². The van der Waals surface area contributed by atoms with Gasteiger partial charge in [-0.1, -0.05) is 37.9 Å². The first-order valence-corrected chi connectivity index (χ1v) is 6.45. The van der Waals surface area contributed by atoms with Crippen molar-refractivity contribution in [1.82, 2.24) is 0 Å². The van der Waals surface area contributed by atoms with Crippen molar-refractivity contribution >= 4 is 11.6 Å². The molecule has 1 unspecified atom stereocenters. The van der Waals surface area contributed by atoms with Gasteiger partial charge in [-0.05, 0) is 42.4 Å². The summed E-state index contributed by atoms with van der Waals surface area (Å²) >= 11 is 5.75. The number of nitrogens with two attached hydrogens (primary N) is 1. The van der Waals surface area contributed by atoms with Gasteiger partial charge >= 0.3 is 0 Å². The van der Waals surface area contributed by atoms with E-state index in [4.69, 9.17) is 17.3 Å². The normalized spacial score (nSPS) is 27.4. The molecule has 0 radical (unpaired) electrons. The zero-order chi connectivity index (χ0) is 12.7. The lowest BCUT2D eigenvalue weighted by Crippen LogP contribution is -2.50. The van der Waals surface area contributed by atoms with Gasteiger partial charge in [0.05, 0.1) is 0 Å². The second kappa shape index (κ2) is 4.25. The van der Waals surface area contributed by atoms with Gasteiger partial charge in [-0.15, -0.1) is 0 Å². The van der Waals surface area contributed by atoms with Crippen LogP contribution in [-0.2, 0) is 6.42 Å². The number of halogens is 2. The maximum atomic E-state index is 13.8. The first kappa shape index (κ1) is 12.8. The van der Waals surface area contributed by atoms with Crippen LogP contribution in [0.3, 0.4) is 0 Å². The summed E-state index contributed by atoms with van der Waals surface area (Å²) in [7, 11) is 0. The highest BCUT2D eigenvalue weighted by Crippen LogP contribution is 2.46. The minimum atomic E-state index is -0.304. The molecule has 0 bridgehead atoms. The second-order valence-electron chi connectivity index (χ2n) is 5.81. The Balaban J connectivity index is 2.26. The quantitative estimate of drug-likeness (QED) is 0.851. The van der Waals surface area contributed by atoms with Crippen molar-refractivity contribution < 1.29 is 4.39 Å². The molecule has 1 saturated carbocycles. The van der Waals surface area contributed by atoms with Crippen LogP contribution in [0.2, 0.25) is 5.02 Å². The molecular formula is C14H19ClFN. The Morgan fingerprint density at radius 3 is 2.59 bits per heavy atom. The highest BCUT2D eigenvalue weighted by atomic mass is 35.5. The van der Waals surface area contributed by atoms with E-state index in [0.29, 0.717) is 17.0 Å². The molecule has 0 aliphatic heterocycles. The molecule has 1 aromatic carbocycles. The molecule has 17 heavy (non-hydrogen) atoms. The fourth-order valence-corrected chi connectivity index (χ4v) is 2.92. The molecule has 1 aromatic rings. The van der Waals surface area contributed by atoms with Gasteiger partial charge < -0.3 is 5.73 Å². The molecule has 0 amide bonds. The lowest BCUT2D eigenvalue weighted by molar-refractivity contribution is 0.205. The van der Waals surface area contributed by atoms with Crippen LogP contribution in [-0.4, -0.2) is 5.54 Å². The lowest BCUT2D eigenvalue weighted by Gasteiger charge is -2.38. The van der Waals surface area contributed by atoms with Gasteiger partial charge in [-0.3, -0.25) is 0 Å². The molecule has 2 rings (SSSR count). The van der Waals surface area contributed by atoms with E-state index in [0.717, 1.165) is 19.3 Å². The van der Waals surface area contributed by atoms with Gasteiger partial charge in [0.2, 0.25) is 0 Å². The Morgan fingerprint density at radius 2 is 2.06 bits per heavy atom. The van der Waals surface area contributed by atoms with Crippen LogP contribution in [0.5, 0.6) is 0 Å². The Morgan fingerprint density at radius 1 is 1.35 bits per heavy atom. The van der Waals surface area contributed by atoms with Crippen molar-refractivity contribution in [2.75, 3.05) is 0 Å². The van der Waals surface area contributed by atoms with Crippen LogP contribution < -0.4 is 5.73 Å². The van der Waals surface area contributed by atoms with E-state index < -0.39 is 0 Å². The molecule has 94 valence electrons. The van der Waals surface area contributed by atoms with Crippen LogP contribution in [0.1, 0.15) is 38.7 Å². The number of hydrogen-bond acceptors (Lipinski definition) is 1. The van der Waals surface area contributed by atoms with E-state index in [-0.39, 0.29) is 16.8 Å². The minimum absolute atomic E-state index is 0.0685. The Kier molecular flexibility index (Phi) is 3.21. The lowest BCUT2D eigenvalue weighted by atomic mass is 9.72. The van der Waals surface area contributed by atoms with Gasteiger partial charge in [0.1, 0.15) is 5.82 Å². The van der Waals surface area contributed by atoms with Crippen LogP contribution in [0.25, 0.3) is 0 Å². The molecule has 0 saturated heterocycles. The smallest absolute Gasteiger partial charge is 0.127 e. The highest BCUT2D eigenvalue weighted by Gasteiger charge is 2.45. The second-order valence-corrected chi connectivity index (χ2v) is 6.24. The molecule has 0 aromatic heterocycles. The average molecular weight is 256 g/mol. The van der Waals surface area contributed by atoms with E-state index >= 15 is 0 Å². The highest BCUT2D eigenvalue weighted by molar-refractivity contribution is 6.30. The Bertz CT molecular complexity index is 430. The molecule has 2 N–H and O–H groups in total. The van der Waals surface area contributed by atoms with Crippen molar-refractivity contribution in [2.24, 2.45) is 11.1 Å². The molecular weight excluding hydrogens is 237 g/mol. The summed E-state index contributed by atoms with van der Waals surface area (Å²) in [6, 6.07) is 4.84. The Labute approximate surface area is 107 Å². The number of rotatable bonds is 2. The maximum absolute atomic E-state index is 13.8. The molecule has 0 spiro atoms. The standard InChI is InChI=1S/C14H19ClFN/c1-13(2)6-3-7-14(13,17)9-10-4-5-11(15)8-12(10)16/h4-5,8H,3,6-7,9,17H2,1-2H3. The molecule has 0 heterocycles. The van der Waals surface area contributed by atoms with Crippen molar-refractivity contribution in [3.8, 4) is 0 Å². The predicted octanol–water partition coefficient (Wildman–Crippen LogP) is 3.93. The van der Waals surface area contributed by atoms with E-state index in [1.54, 1.807) is 12.1 Å². The number of hydrogen-bond donors (Lipinski definition) is 1. The molecule has 1 atom stereocenters. The molecule has 1 nitrogen and oxygen atoms in total. The Hall–Kier alpha value is -0.600. The van der Waals surface area contributed by atoms with Crippen molar-refractivity contribution in [1.29, 1.82) is 0 Å². The number of benzene rings is 1. The molecule has 3 heteroatoms. The molecule has 1 aliphatic carbocycles. The monoisotopic (exact) mass is 255 g/mol. The van der Waals surface area contributed by atoms with Crippen LogP contribution in [0, 0.1) is 11.2 Å². The summed E-state index contributed by atoms with van der Waals surface area (Å²) in [6.07, 6.45) is 3.78. The summed E-state index contributed by atoms with van der Waals surface area (Å²) < 4.78 is 13.8. The summed E-state index contributed by atoms with van der Waals surface area (Å²) in [4.78, 5) is 0. The third kappa shape index (κ3) is 2.34. The SMILES string of the molecule is CC1(C)CCCC1(N)Cc1ccc(Cl)cc1F. The van der Waals surface area contributed by atoms with Crippen molar-refractivity contribution in [2.45, 2.75) is 45.1 Å². The summed E-state index contributed by atoms with van der Waals surface area (Å²) in [5, 5.41) is 0.433. The fourth-order valence-electron chi connectivity index (χ4n) is 2.77. The van der Waals surface area contributed by atoms with Gasteiger partial charge in [0, 0.05) is 10.6 Å². The fraction of sp³-hybridized carbons (Fsp3) is 0.571. The summed E-state index contributed by atoms with van der Waals surface area (Å²) in [5.74, 6) is -0.245. The maximum Gasteiger partial charge on any atom is 0.127 e. The van der Waals surface area contributed by atoms with E-state index in [9.17, 15) is 4.39 Å². The molecule has 1 aliphatic rings. The minimum Gasteiger partial charge on any atom is -0.324 e. The average Bonchev–Trinajstić information content (AvgIpc) is 2.46. The van der Waals surface area contributed by atoms with Gasteiger partial charge in [-0.25, -0.2) is 4.39 Å². The predicted molar refractivity (Wildman–Crippen MR) is 69.7 cm³/mol. The van der Waals surface area contributed by atoms with Crippen molar-refractivity contribution in [3.05, 3.63) is 34.6 Å². The van der Waals surface area contributed by atoms with Crippen molar-refractivity contribution in [3.63, 3.8) is 0 Å². The zero-order valence-corrected chi connectivity index (χ0v) is 11.1. The first-order valence-electron chi connectivity index (χ1n) is 6.07. The molecule has 1 fully saturated rings. The van der Waals surface area contributed by atoms with Crippen LogP contribution >= 0.6 is 11.6 Å². The first-order chi connectivity index (χ1) is 7.84. The topological polar surface area (TPSA) is 26.0 Å².